The Bertz CT molecular complexity index is 1230. The van der Waals surface area contributed by atoms with Crippen LogP contribution in [0.4, 0.5) is 21.9 Å². The molecule has 0 saturated heterocycles. The highest BCUT2D eigenvalue weighted by Crippen LogP contribution is 2.29. The molecule has 6 nitrogen and oxygen atoms in total. The minimum Gasteiger partial charge on any atom is -0.421 e. The van der Waals surface area contributed by atoms with Gasteiger partial charge in [0, 0.05) is 17.6 Å². The number of urea groups is 1. The van der Waals surface area contributed by atoms with Gasteiger partial charge in [-0.05, 0) is 36.8 Å². The quantitative estimate of drug-likeness (QED) is 0.395. The van der Waals surface area contributed by atoms with Crippen LogP contribution in [0.25, 0.3) is 11.0 Å². The van der Waals surface area contributed by atoms with E-state index in [1.165, 1.54) is 0 Å². The molecule has 0 fully saturated rings. The van der Waals surface area contributed by atoms with Crippen LogP contribution in [0.5, 0.6) is 0 Å². The van der Waals surface area contributed by atoms with E-state index in [2.05, 4.69) is 16.0 Å². The summed E-state index contributed by atoms with van der Waals surface area (Å²) in [7, 11) is 0. The number of para-hydroxylation sites is 1. The molecule has 6 heteroatoms. The average Bonchev–Trinajstić information content (AvgIpc) is 2.76. The van der Waals surface area contributed by atoms with E-state index in [0.29, 0.717) is 28.9 Å². The smallest absolute Gasteiger partial charge is 0.362 e. The third-order valence-electron chi connectivity index (χ3n) is 4.67. The predicted octanol–water partition coefficient (Wildman–Crippen LogP) is 5.36. The Balaban J connectivity index is 1.65. The first-order valence-electron chi connectivity index (χ1n) is 9.58. The number of carbonyl (C=O) groups excluding carboxylic acids is 1. The van der Waals surface area contributed by atoms with Crippen LogP contribution in [0.2, 0.25) is 0 Å². The van der Waals surface area contributed by atoms with E-state index in [1.54, 1.807) is 24.3 Å². The van der Waals surface area contributed by atoms with Crippen molar-refractivity contribution in [1.29, 1.82) is 0 Å². The van der Waals surface area contributed by atoms with Gasteiger partial charge in [-0.2, -0.15) is 0 Å². The molecule has 1 heterocycles. The van der Waals surface area contributed by atoms with Gasteiger partial charge in [-0.1, -0.05) is 60.2 Å². The van der Waals surface area contributed by atoms with Crippen molar-refractivity contribution in [2.24, 2.45) is 0 Å². The molecule has 1 aromatic heterocycles. The average molecular weight is 399 g/mol. The predicted molar refractivity (Wildman–Crippen MR) is 120 cm³/mol. The van der Waals surface area contributed by atoms with Gasteiger partial charge in [0.15, 0.2) is 5.69 Å². The van der Waals surface area contributed by atoms with Gasteiger partial charge in [-0.3, -0.25) is 5.32 Å². The van der Waals surface area contributed by atoms with Crippen molar-refractivity contribution >= 4 is 34.1 Å². The maximum atomic E-state index is 12.6. The standard InChI is InChI=1S/C24H21N3O3/c1-16-11-13-18(14-12-16)26-24(29)27-22-21(25-15-17-7-3-2-4-8-17)19-9-5-6-10-20(19)30-23(22)28/h2-14,25H,15H2,1H3,(H2,26,27,29). The van der Waals surface area contributed by atoms with E-state index >= 15 is 0 Å². The molecule has 30 heavy (non-hydrogen) atoms. The van der Waals surface area contributed by atoms with E-state index in [9.17, 15) is 9.59 Å². The fraction of sp³-hybridized carbons (Fsp3) is 0.0833. The second-order valence-corrected chi connectivity index (χ2v) is 6.92. The van der Waals surface area contributed by atoms with Gasteiger partial charge in [0.05, 0.1) is 5.69 Å². The summed E-state index contributed by atoms with van der Waals surface area (Å²) >= 11 is 0. The van der Waals surface area contributed by atoms with Crippen LogP contribution >= 0.6 is 0 Å². The molecular formula is C24H21N3O3. The molecule has 2 amide bonds. The second kappa shape index (κ2) is 8.53. The van der Waals surface area contributed by atoms with Crippen molar-refractivity contribution in [1.82, 2.24) is 0 Å². The number of nitrogens with one attached hydrogen (secondary N) is 3. The number of hydrogen-bond acceptors (Lipinski definition) is 4. The Labute approximate surface area is 173 Å². The van der Waals surface area contributed by atoms with Crippen LogP contribution in [0.1, 0.15) is 11.1 Å². The lowest BCUT2D eigenvalue weighted by Crippen LogP contribution is -2.24. The number of anilines is 3. The molecule has 0 saturated carbocycles. The maximum absolute atomic E-state index is 12.6. The number of hydrogen-bond donors (Lipinski definition) is 3. The molecule has 0 aliphatic heterocycles. The molecule has 0 radical (unpaired) electrons. The molecule has 0 aliphatic carbocycles. The summed E-state index contributed by atoms with van der Waals surface area (Å²) in [6.45, 7) is 2.46. The largest absolute Gasteiger partial charge is 0.421 e. The first-order valence-corrected chi connectivity index (χ1v) is 9.58. The molecule has 0 unspecified atom stereocenters. The maximum Gasteiger partial charge on any atom is 0.362 e. The van der Waals surface area contributed by atoms with Gasteiger partial charge in [-0.15, -0.1) is 0 Å². The zero-order valence-electron chi connectivity index (χ0n) is 16.4. The summed E-state index contributed by atoms with van der Waals surface area (Å²) in [5, 5.41) is 9.38. The van der Waals surface area contributed by atoms with E-state index in [0.717, 1.165) is 11.1 Å². The second-order valence-electron chi connectivity index (χ2n) is 6.92. The first kappa shape index (κ1) is 19.3. The van der Waals surface area contributed by atoms with Gasteiger partial charge in [0.1, 0.15) is 5.58 Å². The Kier molecular flexibility index (Phi) is 5.48. The monoisotopic (exact) mass is 399 g/mol. The van der Waals surface area contributed by atoms with Crippen LogP contribution in [-0.4, -0.2) is 6.03 Å². The molecule has 0 bridgehead atoms. The SMILES string of the molecule is Cc1ccc(NC(=O)Nc2c(NCc3ccccc3)c3ccccc3oc2=O)cc1. The highest BCUT2D eigenvalue weighted by atomic mass is 16.4. The molecule has 3 N–H and O–H groups in total. The topological polar surface area (TPSA) is 83.4 Å². The summed E-state index contributed by atoms with van der Waals surface area (Å²) in [6, 6.07) is 23.9. The van der Waals surface area contributed by atoms with Crippen molar-refractivity contribution < 1.29 is 9.21 Å². The number of amides is 2. The van der Waals surface area contributed by atoms with Crippen LogP contribution in [0.3, 0.4) is 0 Å². The number of aryl methyl sites for hydroxylation is 1. The lowest BCUT2D eigenvalue weighted by molar-refractivity contribution is 0.262. The van der Waals surface area contributed by atoms with Gasteiger partial charge < -0.3 is 15.1 Å². The normalized spacial score (nSPS) is 10.6. The lowest BCUT2D eigenvalue weighted by atomic mass is 10.1. The molecule has 4 rings (SSSR count). The summed E-state index contributed by atoms with van der Waals surface area (Å²) in [4.78, 5) is 25.2. The summed E-state index contributed by atoms with van der Waals surface area (Å²) in [5.41, 5.74) is 3.17. The molecule has 0 aliphatic rings. The molecule has 0 atom stereocenters. The Morgan fingerprint density at radius 3 is 2.30 bits per heavy atom. The number of carbonyl (C=O) groups is 1. The number of fused-ring (bicyclic) bond motifs is 1. The minimum absolute atomic E-state index is 0.0641. The fourth-order valence-electron chi connectivity index (χ4n) is 3.15. The van der Waals surface area contributed by atoms with Crippen molar-refractivity contribution in [3.63, 3.8) is 0 Å². The van der Waals surface area contributed by atoms with Crippen molar-refractivity contribution in [2.45, 2.75) is 13.5 Å². The van der Waals surface area contributed by atoms with Crippen LogP contribution in [0.15, 0.2) is 88.1 Å². The summed E-state index contributed by atoms with van der Waals surface area (Å²) in [5.74, 6) is 0. The Morgan fingerprint density at radius 2 is 1.53 bits per heavy atom. The molecule has 4 aromatic rings. The van der Waals surface area contributed by atoms with Crippen molar-refractivity contribution in [3.8, 4) is 0 Å². The highest BCUT2D eigenvalue weighted by Gasteiger charge is 2.17. The third kappa shape index (κ3) is 4.33. The Morgan fingerprint density at radius 1 is 0.833 bits per heavy atom. The van der Waals surface area contributed by atoms with Crippen LogP contribution in [0, 0.1) is 6.92 Å². The van der Waals surface area contributed by atoms with Gasteiger partial charge in [0.25, 0.3) is 0 Å². The van der Waals surface area contributed by atoms with E-state index < -0.39 is 11.7 Å². The lowest BCUT2D eigenvalue weighted by Gasteiger charge is -2.15. The van der Waals surface area contributed by atoms with E-state index in [-0.39, 0.29) is 5.69 Å². The number of benzene rings is 3. The van der Waals surface area contributed by atoms with Crippen LogP contribution < -0.4 is 21.6 Å². The van der Waals surface area contributed by atoms with Gasteiger partial charge in [-0.25, -0.2) is 9.59 Å². The third-order valence-corrected chi connectivity index (χ3v) is 4.67. The zero-order chi connectivity index (χ0) is 20.9. The van der Waals surface area contributed by atoms with E-state index in [4.69, 9.17) is 4.42 Å². The summed E-state index contributed by atoms with van der Waals surface area (Å²) < 4.78 is 5.41. The molecular weight excluding hydrogens is 378 g/mol. The first-order chi connectivity index (χ1) is 14.6. The van der Waals surface area contributed by atoms with Crippen LogP contribution in [-0.2, 0) is 6.54 Å². The molecule has 150 valence electrons. The van der Waals surface area contributed by atoms with Gasteiger partial charge >= 0.3 is 11.7 Å². The fourth-order valence-corrected chi connectivity index (χ4v) is 3.15. The zero-order valence-corrected chi connectivity index (χ0v) is 16.4. The van der Waals surface area contributed by atoms with E-state index in [1.807, 2.05) is 61.5 Å². The van der Waals surface area contributed by atoms with Crippen molar-refractivity contribution in [2.75, 3.05) is 16.0 Å². The Hall–Kier alpha value is -4.06. The highest BCUT2D eigenvalue weighted by molar-refractivity contribution is 6.05. The van der Waals surface area contributed by atoms with Gasteiger partial charge in [0.2, 0.25) is 0 Å². The summed E-state index contributed by atoms with van der Waals surface area (Å²) in [6.07, 6.45) is 0. The van der Waals surface area contributed by atoms with Crippen molar-refractivity contribution in [3.05, 3.63) is 100 Å². The number of rotatable bonds is 5. The minimum atomic E-state index is -0.622. The molecule has 3 aromatic carbocycles. The molecule has 0 spiro atoms.